The molecule has 1 atom stereocenters. The fourth-order valence-electron chi connectivity index (χ4n) is 2.09. The Labute approximate surface area is 128 Å². The molecule has 21 heavy (non-hydrogen) atoms. The number of rotatable bonds is 6. The minimum absolute atomic E-state index is 0.0464. The minimum Gasteiger partial charge on any atom is -0.481 e. The highest BCUT2D eigenvalue weighted by molar-refractivity contribution is 6.31. The van der Waals surface area contributed by atoms with E-state index >= 15 is 0 Å². The van der Waals surface area contributed by atoms with E-state index in [2.05, 4.69) is 15.3 Å². The molecule has 1 N–H and O–H groups in total. The topological polar surface area (TPSA) is 47.0 Å². The average Bonchev–Trinajstić information content (AvgIpc) is 2.49. The molecule has 0 saturated heterocycles. The standard InChI is InChI=1S/C15H17ClFN3O/c1-3-18-13(14-8-15(21-2)20-9-19-14)6-10-4-5-11(17)7-12(10)16/h4-5,7-9,13,18H,3,6H2,1-2H3. The Hall–Kier alpha value is -1.72. The zero-order chi connectivity index (χ0) is 15.2. The number of hydrogen-bond acceptors (Lipinski definition) is 4. The molecule has 0 fully saturated rings. The van der Waals surface area contributed by atoms with Gasteiger partial charge >= 0.3 is 0 Å². The monoisotopic (exact) mass is 309 g/mol. The lowest BCUT2D eigenvalue weighted by molar-refractivity contribution is 0.393. The van der Waals surface area contributed by atoms with Crippen molar-refractivity contribution in [3.63, 3.8) is 0 Å². The van der Waals surface area contributed by atoms with Crippen LogP contribution in [0.5, 0.6) is 5.88 Å². The predicted octanol–water partition coefficient (Wildman–Crippen LogP) is 3.17. The molecule has 0 amide bonds. The summed E-state index contributed by atoms with van der Waals surface area (Å²) >= 11 is 6.09. The van der Waals surface area contributed by atoms with E-state index in [1.807, 2.05) is 6.92 Å². The van der Waals surface area contributed by atoms with E-state index in [1.165, 1.54) is 18.5 Å². The number of methoxy groups -OCH3 is 1. The number of likely N-dealkylation sites (N-methyl/N-ethyl adjacent to an activating group) is 1. The first kappa shape index (κ1) is 15.7. The summed E-state index contributed by atoms with van der Waals surface area (Å²) in [5.74, 6) is 0.167. The van der Waals surface area contributed by atoms with Crippen molar-refractivity contribution in [2.45, 2.75) is 19.4 Å². The normalized spacial score (nSPS) is 12.2. The molecule has 1 aromatic heterocycles. The van der Waals surface area contributed by atoms with Crippen molar-refractivity contribution in [3.8, 4) is 5.88 Å². The molecular formula is C15H17ClFN3O. The summed E-state index contributed by atoms with van der Waals surface area (Å²) in [7, 11) is 1.56. The zero-order valence-corrected chi connectivity index (χ0v) is 12.7. The number of nitrogens with zero attached hydrogens (tertiary/aromatic N) is 2. The van der Waals surface area contributed by atoms with Gasteiger partial charge in [-0.05, 0) is 30.7 Å². The van der Waals surface area contributed by atoms with Gasteiger partial charge in [0, 0.05) is 11.1 Å². The second-order valence-corrected chi connectivity index (χ2v) is 4.94. The molecule has 1 unspecified atom stereocenters. The van der Waals surface area contributed by atoms with Crippen molar-refractivity contribution in [1.29, 1.82) is 0 Å². The van der Waals surface area contributed by atoms with E-state index in [1.54, 1.807) is 19.2 Å². The summed E-state index contributed by atoms with van der Waals surface area (Å²) in [4.78, 5) is 8.28. The predicted molar refractivity (Wildman–Crippen MR) is 80.1 cm³/mol. The molecule has 0 spiro atoms. The third-order valence-corrected chi connectivity index (χ3v) is 3.47. The van der Waals surface area contributed by atoms with Gasteiger partial charge < -0.3 is 10.1 Å². The molecule has 1 aromatic carbocycles. The van der Waals surface area contributed by atoms with Crippen LogP contribution < -0.4 is 10.1 Å². The zero-order valence-electron chi connectivity index (χ0n) is 11.9. The fraction of sp³-hybridized carbons (Fsp3) is 0.333. The number of halogens is 2. The van der Waals surface area contributed by atoms with Gasteiger partial charge in [0.2, 0.25) is 5.88 Å². The second kappa shape index (κ2) is 7.33. The van der Waals surface area contributed by atoms with E-state index in [4.69, 9.17) is 16.3 Å². The van der Waals surface area contributed by atoms with Gasteiger partial charge in [-0.15, -0.1) is 0 Å². The largest absolute Gasteiger partial charge is 0.481 e. The lowest BCUT2D eigenvalue weighted by Gasteiger charge is -2.18. The van der Waals surface area contributed by atoms with Crippen molar-refractivity contribution in [2.24, 2.45) is 0 Å². The van der Waals surface area contributed by atoms with Gasteiger partial charge in [0.15, 0.2) is 0 Å². The number of hydrogen-bond donors (Lipinski definition) is 1. The first-order chi connectivity index (χ1) is 10.1. The summed E-state index contributed by atoms with van der Waals surface area (Å²) < 4.78 is 18.2. The molecule has 1 heterocycles. The molecule has 0 bridgehead atoms. The van der Waals surface area contributed by atoms with Crippen LogP contribution in [0.3, 0.4) is 0 Å². The van der Waals surface area contributed by atoms with Crippen molar-refractivity contribution in [1.82, 2.24) is 15.3 Å². The molecular weight excluding hydrogens is 293 g/mol. The van der Waals surface area contributed by atoms with Crippen LogP contribution in [0.1, 0.15) is 24.2 Å². The third-order valence-electron chi connectivity index (χ3n) is 3.12. The number of ether oxygens (including phenoxy) is 1. The maximum atomic E-state index is 13.1. The Kier molecular flexibility index (Phi) is 5.47. The molecule has 6 heteroatoms. The Balaban J connectivity index is 2.25. The van der Waals surface area contributed by atoms with E-state index in [0.717, 1.165) is 17.8 Å². The molecule has 0 radical (unpaired) electrons. The molecule has 4 nitrogen and oxygen atoms in total. The lowest BCUT2D eigenvalue weighted by Crippen LogP contribution is -2.24. The molecule has 0 aliphatic carbocycles. The van der Waals surface area contributed by atoms with Gasteiger partial charge in [0.25, 0.3) is 0 Å². The highest BCUT2D eigenvalue weighted by Crippen LogP contribution is 2.24. The molecule has 2 rings (SSSR count). The summed E-state index contributed by atoms with van der Waals surface area (Å²) in [6.45, 7) is 2.79. The van der Waals surface area contributed by atoms with E-state index in [-0.39, 0.29) is 11.9 Å². The van der Waals surface area contributed by atoms with Gasteiger partial charge in [-0.2, -0.15) is 0 Å². The van der Waals surface area contributed by atoms with E-state index < -0.39 is 0 Å². The maximum absolute atomic E-state index is 13.1. The lowest BCUT2D eigenvalue weighted by atomic mass is 10.0. The Bertz CT molecular complexity index is 609. The van der Waals surface area contributed by atoms with Crippen molar-refractivity contribution >= 4 is 11.6 Å². The van der Waals surface area contributed by atoms with Crippen LogP contribution in [0.25, 0.3) is 0 Å². The Morgan fingerprint density at radius 1 is 1.33 bits per heavy atom. The van der Waals surface area contributed by atoms with Gasteiger partial charge in [-0.25, -0.2) is 14.4 Å². The quantitative estimate of drug-likeness (QED) is 0.890. The van der Waals surface area contributed by atoms with E-state index in [9.17, 15) is 4.39 Å². The molecule has 2 aromatic rings. The first-order valence-electron chi connectivity index (χ1n) is 6.67. The van der Waals surface area contributed by atoms with Crippen molar-refractivity contribution in [2.75, 3.05) is 13.7 Å². The van der Waals surface area contributed by atoms with Gasteiger partial charge in [0.1, 0.15) is 12.1 Å². The van der Waals surface area contributed by atoms with Crippen LogP contribution in [0, 0.1) is 5.82 Å². The summed E-state index contributed by atoms with van der Waals surface area (Å²) in [6, 6.07) is 6.16. The van der Waals surface area contributed by atoms with Gasteiger partial charge in [0.05, 0.1) is 18.8 Å². The van der Waals surface area contributed by atoms with Crippen LogP contribution in [0.4, 0.5) is 4.39 Å². The Morgan fingerprint density at radius 3 is 2.81 bits per heavy atom. The number of nitrogens with one attached hydrogen (secondary N) is 1. The van der Waals surface area contributed by atoms with E-state index in [0.29, 0.717) is 17.3 Å². The summed E-state index contributed by atoms with van der Waals surface area (Å²) in [5, 5.41) is 3.76. The smallest absolute Gasteiger partial charge is 0.216 e. The SMILES string of the molecule is CCNC(Cc1ccc(F)cc1Cl)c1cc(OC)ncn1. The van der Waals surface area contributed by atoms with Crippen LogP contribution in [-0.4, -0.2) is 23.6 Å². The third kappa shape index (κ3) is 4.12. The molecule has 0 aliphatic heterocycles. The van der Waals surface area contributed by atoms with Crippen LogP contribution in [0.15, 0.2) is 30.6 Å². The highest BCUT2D eigenvalue weighted by atomic mass is 35.5. The summed E-state index contributed by atoms with van der Waals surface area (Å²) in [6.07, 6.45) is 2.07. The van der Waals surface area contributed by atoms with Crippen LogP contribution in [0.2, 0.25) is 5.02 Å². The minimum atomic E-state index is -0.340. The maximum Gasteiger partial charge on any atom is 0.216 e. The summed E-state index contributed by atoms with van der Waals surface area (Å²) in [5.41, 5.74) is 1.67. The second-order valence-electron chi connectivity index (χ2n) is 4.54. The molecule has 0 saturated carbocycles. The number of aromatic nitrogens is 2. The average molecular weight is 310 g/mol. The van der Waals surface area contributed by atoms with Gasteiger partial charge in [-0.3, -0.25) is 0 Å². The van der Waals surface area contributed by atoms with Crippen molar-refractivity contribution < 1.29 is 9.13 Å². The highest BCUT2D eigenvalue weighted by Gasteiger charge is 2.16. The van der Waals surface area contributed by atoms with Gasteiger partial charge in [-0.1, -0.05) is 24.6 Å². The molecule has 112 valence electrons. The van der Waals surface area contributed by atoms with Crippen LogP contribution in [-0.2, 0) is 6.42 Å². The fourth-order valence-corrected chi connectivity index (χ4v) is 2.33. The number of benzene rings is 1. The van der Waals surface area contributed by atoms with Crippen molar-refractivity contribution in [3.05, 3.63) is 52.7 Å². The molecule has 0 aliphatic rings. The Morgan fingerprint density at radius 2 is 2.14 bits per heavy atom. The first-order valence-corrected chi connectivity index (χ1v) is 7.05. The van der Waals surface area contributed by atoms with Crippen LogP contribution >= 0.6 is 11.6 Å².